The summed E-state index contributed by atoms with van der Waals surface area (Å²) in [6.07, 6.45) is 4.06. The summed E-state index contributed by atoms with van der Waals surface area (Å²) in [5, 5.41) is 6.83. The van der Waals surface area contributed by atoms with E-state index in [0.29, 0.717) is 28.6 Å². The third-order valence-electron chi connectivity index (χ3n) is 4.86. The lowest BCUT2D eigenvalue weighted by Gasteiger charge is -2.34. The number of nitrogens with zero attached hydrogens (tertiary/aromatic N) is 2. The van der Waals surface area contributed by atoms with E-state index in [-0.39, 0.29) is 11.7 Å². The van der Waals surface area contributed by atoms with Gasteiger partial charge in [-0.05, 0) is 37.5 Å². The lowest BCUT2D eigenvalue weighted by atomic mass is 9.77. The molecule has 4 rings (SSSR count). The molecule has 9 nitrogen and oxygen atoms in total. The molecule has 0 unspecified atom stereocenters. The molecule has 2 heterocycles. The van der Waals surface area contributed by atoms with Crippen molar-refractivity contribution >= 4 is 11.6 Å². The number of nitrogens with two attached hydrogens (primary N) is 1. The Hall–Kier alpha value is -3.33. The molecule has 0 spiro atoms. The predicted octanol–water partition coefficient (Wildman–Crippen LogP) is 2.94. The molecule has 1 fully saturated rings. The fourth-order valence-corrected chi connectivity index (χ4v) is 3.07. The van der Waals surface area contributed by atoms with Crippen molar-refractivity contribution in [1.29, 1.82) is 0 Å². The number of carbonyl (C=O) groups is 1. The van der Waals surface area contributed by atoms with Gasteiger partial charge in [-0.2, -0.15) is 4.98 Å². The molecule has 0 bridgehead atoms. The first-order chi connectivity index (χ1) is 13.5. The van der Waals surface area contributed by atoms with Crippen LogP contribution in [0.25, 0.3) is 11.5 Å². The summed E-state index contributed by atoms with van der Waals surface area (Å²) in [4.78, 5) is 16.9. The number of amides is 1. The largest absolute Gasteiger partial charge is 0.493 e. The van der Waals surface area contributed by atoms with E-state index in [1.54, 1.807) is 24.3 Å². The maximum Gasteiger partial charge on any atom is 0.291 e. The molecule has 0 atom stereocenters. The Morgan fingerprint density at radius 3 is 2.61 bits per heavy atom. The zero-order valence-electron chi connectivity index (χ0n) is 15.5. The van der Waals surface area contributed by atoms with Crippen LogP contribution in [0.1, 0.15) is 35.6 Å². The van der Waals surface area contributed by atoms with Gasteiger partial charge in [-0.1, -0.05) is 5.16 Å². The number of methoxy groups -OCH3 is 2. The van der Waals surface area contributed by atoms with Crippen LogP contribution in [-0.2, 0) is 5.54 Å². The van der Waals surface area contributed by atoms with Gasteiger partial charge in [0.2, 0.25) is 0 Å². The molecule has 3 aromatic rings. The van der Waals surface area contributed by atoms with Gasteiger partial charge in [-0.25, -0.2) is 0 Å². The third kappa shape index (κ3) is 3.09. The first kappa shape index (κ1) is 18.1. The van der Waals surface area contributed by atoms with Gasteiger partial charge < -0.3 is 29.5 Å². The van der Waals surface area contributed by atoms with Gasteiger partial charge in [0.25, 0.3) is 11.8 Å². The lowest BCUT2D eigenvalue weighted by Crippen LogP contribution is -2.44. The molecule has 1 amide bonds. The molecule has 28 heavy (non-hydrogen) atoms. The standard InChI is InChI=1S/C19H20N4O5/c1-25-14-9-11(17-22-18(23-28-17)19(20)6-4-7-19)12(10-15(14)26-2)21-16(24)13-5-3-8-27-13/h3,5,8-10H,4,6-7,20H2,1-2H3,(H,21,24). The highest BCUT2D eigenvalue weighted by molar-refractivity contribution is 6.04. The molecule has 1 aliphatic carbocycles. The summed E-state index contributed by atoms with van der Waals surface area (Å²) >= 11 is 0. The first-order valence-electron chi connectivity index (χ1n) is 8.78. The predicted molar refractivity (Wildman–Crippen MR) is 99.2 cm³/mol. The van der Waals surface area contributed by atoms with Crippen LogP contribution in [0.3, 0.4) is 0 Å². The van der Waals surface area contributed by atoms with E-state index >= 15 is 0 Å². The highest BCUT2D eigenvalue weighted by Crippen LogP contribution is 2.41. The van der Waals surface area contributed by atoms with E-state index < -0.39 is 11.4 Å². The van der Waals surface area contributed by atoms with Crippen LogP contribution < -0.4 is 20.5 Å². The zero-order chi connectivity index (χ0) is 19.7. The molecule has 9 heteroatoms. The summed E-state index contributed by atoms with van der Waals surface area (Å²) in [5.41, 5.74) is 6.63. The van der Waals surface area contributed by atoms with Crippen LogP contribution in [0.5, 0.6) is 11.5 Å². The summed E-state index contributed by atoms with van der Waals surface area (Å²) in [6.45, 7) is 0. The Morgan fingerprint density at radius 1 is 1.25 bits per heavy atom. The van der Waals surface area contributed by atoms with Crippen molar-refractivity contribution in [1.82, 2.24) is 10.1 Å². The van der Waals surface area contributed by atoms with Crippen LogP contribution in [0.4, 0.5) is 5.69 Å². The van der Waals surface area contributed by atoms with Crippen molar-refractivity contribution in [3.63, 3.8) is 0 Å². The topological polar surface area (TPSA) is 126 Å². The van der Waals surface area contributed by atoms with Crippen molar-refractivity contribution in [2.45, 2.75) is 24.8 Å². The van der Waals surface area contributed by atoms with Crippen LogP contribution in [0, 0.1) is 0 Å². The van der Waals surface area contributed by atoms with Gasteiger partial charge in [-0.3, -0.25) is 4.79 Å². The monoisotopic (exact) mass is 384 g/mol. The van der Waals surface area contributed by atoms with E-state index in [9.17, 15) is 4.79 Å². The van der Waals surface area contributed by atoms with E-state index in [1.165, 1.54) is 20.5 Å². The molecule has 0 aliphatic heterocycles. The Kier molecular flexibility index (Phi) is 4.52. The Bertz CT molecular complexity index is 992. The average Bonchev–Trinajstić information content (AvgIpc) is 3.37. The Morgan fingerprint density at radius 2 is 2.00 bits per heavy atom. The van der Waals surface area contributed by atoms with Crippen molar-refractivity contribution in [2.75, 3.05) is 19.5 Å². The summed E-state index contributed by atoms with van der Waals surface area (Å²) in [6, 6.07) is 6.49. The maximum absolute atomic E-state index is 12.5. The number of anilines is 1. The van der Waals surface area contributed by atoms with Crippen LogP contribution in [0.2, 0.25) is 0 Å². The van der Waals surface area contributed by atoms with E-state index in [0.717, 1.165) is 19.3 Å². The second-order valence-electron chi connectivity index (χ2n) is 6.62. The fourth-order valence-electron chi connectivity index (χ4n) is 3.07. The van der Waals surface area contributed by atoms with Crippen LogP contribution in [-0.4, -0.2) is 30.3 Å². The number of nitrogens with one attached hydrogen (secondary N) is 1. The minimum Gasteiger partial charge on any atom is -0.493 e. The van der Waals surface area contributed by atoms with Crippen molar-refractivity contribution in [3.05, 3.63) is 42.1 Å². The molecule has 0 saturated heterocycles. The highest BCUT2D eigenvalue weighted by Gasteiger charge is 2.39. The minimum atomic E-state index is -0.560. The summed E-state index contributed by atoms with van der Waals surface area (Å²) < 4.78 is 21.3. The average molecular weight is 384 g/mol. The first-order valence-corrected chi connectivity index (χ1v) is 8.78. The Balaban J connectivity index is 1.75. The molecule has 1 aromatic carbocycles. The number of aromatic nitrogens is 2. The van der Waals surface area contributed by atoms with Crippen molar-refractivity contribution in [3.8, 4) is 23.0 Å². The third-order valence-corrected chi connectivity index (χ3v) is 4.86. The number of hydrogen-bond donors (Lipinski definition) is 2. The second-order valence-corrected chi connectivity index (χ2v) is 6.62. The molecular formula is C19H20N4O5. The molecular weight excluding hydrogens is 364 g/mol. The van der Waals surface area contributed by atoms with E-state index in [2.05, 4.69) is 15.5 Å². The van der Waals surface area contributed by atoms with Gasteiger partial charge in [-0.15, -0.1) is 0 Å². The van der Waals surface area contributed by atoms with Gasteiger partial charge >= 0.3 is 0 Å². The van der Waals surface area contributed by atoms with E-state index in [4.69, 9.17) is 24.1 Å². The smallest absolute Gasteiger partial charge is 0.291 e. The van der Waals surface area contributed by atoms with Gasteiger partial charge in [0, 0.05) is 6.07 Å². The SMILES string of the molecule is COc1cc(NC(=O)c2ccco2)c(-c2nc(C3(N)CCC3)no2)cc1OC. The number of hydrogen-bond acceptors (Lipinski definition) is 8. The van der Waals surface area contributed by atoms with Crippen LogP contribution in [0.15, 0.2) is 39.5 Å². The second kappa shape index (κ2) is 7.01. The molecule has 0 radical (unpaired) electrons. The number of carbonyl (C=O) groups excluding carboxylic acids is 1. The maximum atomic E-state index is 12.5. The van der Waals surface area contributed by atoms with Gasteiger partial charge in [0.1, 0.15) is 0 Å². The van der Waals surface area contributed by atoms with E-state index in [1.807, 2.05) is 0 Å². The van der Waals surface area contributed by atoms with Crippen LogP contribution >= 0.6 is 0 Å². The normalized spacial score (nSPS) is 15.0. The van der Waals surface area contributed by atoms with Gasteiger partial charge in [0.05, 0.1) is 37.3 Å². The molecule has 1 saturated carbocycles. The molecule has 146 valence electrons. The minimum absolute atomic E-state index is 0.169. The molecule has 1 aliphatic rings. The molecule has 3 N–H and O–H groups in total. The number of benzene rings is 1. The van der Waals surface area contributed by atoms with Gasteiger partial charge in [0.15, 0.2) is 23.1 Å². The highest BCUT2D eigenvalue weighted by atomic mass is 16.5. The van der Waals surface area contributed by atoms with Crippen molar-refractivity contribution < 1.29 is 23.2 Å². The molecule has 2 aromatic heterocycles. The fraction of sp³-hybridized carbons (Fsp3) is 0.316. The number of furan rings is 1. The quantitative estimate of drug-likeness (QED) is 0.664. The lowest BCUT2D eigenvalue weighted by molar-refractivity contribution is 0.0996. The van der Waals surface area contributed by atoms with Crippen molar-refractivity contribution in [2.24, 2.45) is 5.73 Å². The number of ether oxygens (including phenoxy) is 2. The zero-order valence-corrected chi connectivity index (χ0v) is 15.5. The summed E-state index contributed by atoms with van der Waals surface area (Å²) in [7, 11) is 3.03. The number of rotatable bonds is 6. The summed E-state index contributed by atoms with van der Waals surface area (Å²) in [5.74, 6) is 1.32. The Labute approximate surface area is 160 Å².